The number of halogens is 3. The van der Waals surface area contributed by atoms with Crippen molar-refractivity contribution in [3.63, 3.8) is 0 Å². The summed E-state index contributed by atoms with van der Waals surface area (Å²) in [7, 11) is -5.65. The third-order valence-corrected chi connectivity index (χ3v) is 5.22. The van der Waals surface area contributed by atoms with Gasteiger partial charge in [0.1, 0.15) is 5.76 Å². The van der Waals surface area contributed by atoms with Crippen molar-refractivity contribution in [3.8, 4) is 11.1 Å². The van der Waals surface area contributed by atoms with E-state index in [-0.39, 0.29) is 12.2 Å². The summed E-state index contributed by atoms with van der Waals surface area (Å²) in [6.07, 6.45) is 2.67. The van der Waals surface area contributed by atoms with Crippen molar-refractivity contribution in [2.24, 2.45) is 0 Å². The lowest BCUT2D eigenvalue weighted by Crippen LogP contribution is -2.25. The van der Waals surface area contributed by atoms with Crippen molar-refractivity contribution < 1.29 is 25.8 Å². The second kappa shape index (κ2) is 6.79. The van der Waals surface area contributed by atoms with Crippen LogP contribution < -0.4 is 0 Å². The predicted molar refractivity (Wildman–Crippen MR) is 93.6 cm³/mol. The molecule has 0 heterocycles. The molecule has 3 nitrogen and oxygen atoms in total. The van der Waals surface area contributed by atoms with Gasteiger partial charge in [-0.1, -0.05) is 42.0 Å². The number of fused-ring (bicyclic) bond motifs is 1. The van der Waals surface area contributed by atoms with E-state index in [0.717, 1.165) is 22.3 Å². The highest BCUT2D eigenvalue weighted by Gasteiger charge is 2.48. The molecule has 1 aliphatic rings. The standard InChI is InChI=1S/C19H17F3O3S/c1-13-5-7-15(8-6-13)16-10-9-14-3-2-4-18(12-17(14)11-16)25-26(23,24)19(20,21)22/h5-12H,2-4H2,1H3. The largest absolute Gasteiger partial charge is 0.534 e. The number of hydrogen-bond donors (Lipinski definition) is 0. The number of benzene rings is 2. The Morgan fingerprint density at radius 1 is 0.962 bits per heavy atom. The molecule has 0 spiro atoms. The van der Waals surface area contributed by atoms with Crippen LogP contribution in [-0.4, -0.2) is 13.9 Å². The van der Waals surface area contributed by atoms with E-state index < -0.39 is 15.6 Å². The molecule has 0 N–H and O–H groups in total. The van der Waals surface area contributed by atoms with Gasteiger partial charge in [0.15, 0.2) is 0 Å². The van der Waals surface area contributed by atoms with Crippen LogP contribution in [0.4, 0.5) is 13.2 Å². The van der Waals surface area contributed by atoms with Crippen LogP contribution >= 0.6 is 0 Å². The average molecular weight is 382 g/mol. The van der Waals surface area contributed by atoms with Crippen molar-refractivity contribution >= 4 is 16.2 Å². The minimum atomic E-state index is -5.65. The van der Waals surface area contributed by atoms with Crippen LogP contribution in [0.3, 0.4) is 0 Å². The Labute approximate surface area is 150 Å². The third kappa shape index (κ3) is 3.93. The molecule has 0 aromatic heterocycles. The highest BCUT2D eigenvalue weighted by atomic mass is 32.2. The summed E-state index contributed by atoms with van der Waals surface area (Å²) in [4.78, 5) is 0. The molecule has 0 atom stereocenters. The molecule has 0 saturated carbocycles. The first-order valence-electron chi connectivity index (χ1n) is 8.07. The summed E-state index contributed by atoms with van der Waals surface area (Å²) in [5.41, 5.74) is -0.818. The fourth-order valence-corrected chi connectivity index (χ4v) is 3.34. The van der Waals surface area contributed by atoms with Gasteiger partial charge in [0.25, 0.3) is 0 Å². The van der Waals surface area contributed by atoms with Crippen molar-refractivity contribution in [2.45, 2.75) is 31.7 Å². The maximum Gasteiger partial charge on any atom is 0.534 e. The van der Waals surface area contributed by atoms with E-state index in [9.17, 15) is 21.6 Å². The molecule has 26 heavy (non-hydrogen) atoms. The number of alkyl halides is 3. The van der Waals surface area contributed by atoms with Crippen LogP contribution in [0.5, 0.6) is 0 Å². The summed E-state index contributed by atoms with van der Waals surface area (Å²) in [6.45, 7) is 1.98. The molecular weight excluding hydrogens is 365 g/mol. The number of rotatable bonds is 3. The van der Waals surface area contributed by atoms with E-state index in [4.69, 9.17) is 0 Å². The van der Waals surface area contributed by atoms with Gasteiger partial charge in [0.05, 0.1) is 0 Å². The van der Waals surface area contributed by atoms with Crippen LogP contribution in [0.25, 0.3) is 17.2 Å². The van der Waals surface area contributed by atoms with Crippen LogP contribution in [0.2, 0.25) is 0 Å². The Morgan fingerprint density at radius 3 is 2.27 bits per heavy atom. The van der Waals surface area contributed by atoms with Crippen LogP contribution in [0, 0.1) is 6.92 Å². The zero-order chi connectivity index (χ0) is 18.9. The van der Waals surface area contributed by atoms with Gasteiger partial charge in [0.2, 0.25) is 0 Å². The van der Waals surface area contributed by atoms with E-state index in [0.29, 0.717) is 18.4 Å². The topological polar surface area (TPSA) is 43.4 Å². The van der Waals surface area contributed by atoms with E-state index >= 15 is 0 Å². The molecule has 0 radical (unpaired) electrons. The summed E-state index contributed by atoms with van der Waals surface area (Å²) in [5.74, 6) is -0.192. The lowest BCUT2D eigenvalue weighted by Gasteiger charge is -2.11. The first kappa shape index (κ1) is 18.5. The van der Waals surface area contributed by atoms with Crippen molar-refractivity contribution in [1.29, 1.82) is 0 Å². The summed E-state index contributed by atoms with van der Waals surface area (Å²) < 4.78 is 64.6. The number of hydrogen-bond acceptors (Lipinski definition) is 3. The molecule has 0 saturated heterocycles. The fourth-order valence-electron chi connectivity index (χ4n) is 2.84. The molecule has 3 rings (SSSR count). The summed E-state index contributed by atoms with van der Waals surface area (Å²) in [6, 6.07) is 13.6. The van der Waals surface area contributed by atoms with Gasteiger partial charge in [-0.25, -0.2) is 0 Å². The van der Waals surface area contributed by atoms with Gasteiger partial charge in [-0.05, 0) is 54.2 Å². The maximum atomic E-state index is 12.6. The predicted octanol–water partition coefficient (Wildman–Crippen LogP) is 5.21. The van der Waals surface area contributed by atoms with Gasteiger partial charge < -0.3 is 4.18 Å². The molecule has 0 unspecified atom stereocenters. The zero-order valence-corrected chi connectivity index (χ0v) is 14.8. The molecule has 2 aromatic carbocycles. The minimum absolute atomic E-state index is 0.129. The van der Waals surface area contributed by atoms with E-state index in [1.165, 1.54) is 6.08 Å². The Hall–Kier alpha value is -2.28. The van der Waals surface area contributed by atoms with Crippen molar-refractivity contribution in [2.75, 3.05) is 0 Å². The normalized spacial score (nSPS) is 15.0. The molecule has 2 aromatic rings. The lowest BCUT2D eigenvalue weighted by atomic mass is 9.97. The van der Waals surface area contributed by atoms with E-state index in [1.54, 1.807) is 0 Å². The van der Waals surface area contributed by atoms with Crippen molar-refractivity contribution in [3.05, 3.63) is 64.9 Å². The molecule has 0 fully saturated rings. The average Bonchev–Trinajstić information content (AvgIpc) is 2.75. The van der Waals surface area contributed by atoms with E-state index in [1.807, 2.05) is 49.4 Å². The highest BCUT2D eigenvalue weighted by molar-refractivity contribution is 7.87. The Balaban J connectivity index is 1.97. The van der Waals surface area contributed by atoms with Gasteiger partial charge >= 0.3 is 15.6 Å². The first-order valence-corrected chi connectivity index (χ1v) is 9.48. The SMILES string of the molecule is Cc1ccc(-c2ccc3c(c2)C=C(OS(=O)(=O)C(F)(F)F)CCC3)cc1. The number of allylic oxidation sites excluding steroid dienone is 1. The quantitative estimate of drug-likeness (QED) is 0.541. The molecule has 7 heteroatoms. The number of aryl methyl sites for hydroxylation is 2. The minimum Gasteiger partial charge on any atom is -0.381 e. The molecular formula is C19H17F3O3S. The Morgan fingerprint density at radius 2 is 1.62 bits per heavy atom. The Bertz CT molecular complexity index is 943. The summed E-state index contributed by atoms with van der Waals surface area (Å²) in [5, 5.41) is 0. The molecule has 138 valence electrons. The van der Waals surface area contributed by atoms with Gasteiger partial charge in [-0.15, -0.1) is 0 Å². The molecule has 0 bridgehead atoms. The van der Waals surface area contributed by atoms with Crippen molar-refractivity contribution in [1.82, 2.24) is 0 Å². The second-order valence-electron chi connectivity index (χ2n) is 6.23. The highest BCUT2D eigenvalue weighted by Crippen LogP contribution is 2.32. The van der Waals surface area contributed by atoms with E-state index in [2.05, 4.69) is 4.18 Å². The van der Waals surface area contributed by atoms with Gasteiger partial charge in [-0.3, -0.25) is 0 Å². The first-order chi connectivity index (χ1) is 12.2. The van der Waals surface area contributed by atoms with Crippen LogP contribution in [0.15, 0.2) is 48.2 Å². The zero-order valence-electron chi connectivity index (χ0n) is 14.0. The maximum absolute atomic E-state index is 12.6. The van der Waals surface area contributed by atoms with Gasteiger partial charge in [0, 0.05) is 6.42 Å². The molecule has 0 amide bonds. The summed E-state index contributed by atoms with van der Waals surface area (Å²) >= 11 is 0. The second-order valence-corrected chi connectivity index (χ2v) is 7.76. The lowest BCUT2D eigenvalue weighted by molar-refractivity contribution is -0.0522. The molecule has 1 aliphatic carbocycles. The Kier molecular flexibility index (Phi) is 4.84. The monoisotopic (exact) mass is 382 g/mol. The fraction of sp³-hybridized carbons (Fsp3) is 0.263. The molecule has 0 aliphatic heterocycles. The van der Waals surface area contributed by atoms with Gasteiger partial charge in [-0.2, -0.15) is 21.6 Å². The smallest absolute Gasteiger partial charge is 0.381 e. The van der Waals surface area contributed by atoms with Crippen LogP contribution in [-0.2, 0) is 20.7 Å². The third-order valence-electron chi connectivity index (χ3n) is 4.22. The van der Waals surface area contributed by atoms with Crippen LogP contribution in [0.1, 0.15) is 29.5 Å².